The van der Waals surface area contributed by atoms with Crippen molar-refractivity contribution in [2.75, 3.05) is 24.5 Å². The van der Waals surface area contributed by atoms with Crippen LogP contribution in [0, 0.1) is 19.6 Å². The summed E-state index contributed by atoms with van der Waals surface area (Å²) in [5.41, 5.74) is 6.95. The molecule has 18 heavy (non-hydrogen) atoms. The summed E-state index contributed by atoms with van der Waals surface area (Å²) < 4.78 is 0.685. The van der Waals surface area contributed by atoms with Gasteiger partial charge >= 0.3 is 0 Å². The first kappa shape index (κ1) is 13.5. The minimum atomic E-state index is -0.343. The lowest BCUT2D eigenvalue weighted by molar-refractivity contribution is -0.385. The van der Waals surface area contributed by atoms with E-state index in [9.17, 15) is 10.1 Å². The topological polar surface area (TPSA) is 72.4 Å². The molecule has 0 spiro atoms. The highest BCUT2D eigenvalue weighted by Gasteiger charge is 2.20. The van der Waals surface area contributed by atoms with E-state index in [1.807, 2.05) is 34.7 Å². The van der Waals surface area contributed by atoms with Gasteiger partial charge in [0.1, 0.15) is 0 Å². The number of nitrogens with zero attached hydrogens (tertiary/aromatic N) is 2. The molecule has 5 nitrogen and oxygen atoms in total. The number of hydrogen-bond acceptors (Lipinski definition) is 4. The van der Waals surface area contributed by atoms with Crippen LogP contribution in [-0.2, 0) is 0 Å². The maximum Gasteiger partial charge on any atom is 0.282 e. The first-order valence-corrected chi connectivity index (χ1v) is 7.08. The van der Waals surface area contributed by atoms with Gasteiger partial charge in [0.05, 0.1) is 8.49 Å². The van der Waals surface area contributed by atoms with Gasteiger partial charge in [0.15, 0.2) is 0 Å². The number of nitrogens with two attached hydrogens (primary N) is 1. The zero-order valence-electron chi connectivity index (χ0n) is 10.0. The van der Waals surface area contributed by atoms with Crippen molar-refractivity contribution in [3.8, 4) is 0 Å². The number of anilines is 1. The van der Waals surface area contributed by atoms with E-state index in [1.54, 1.807) is 6.07 Å². The van der Waals surface area contributed by atoms with Crippen LogP contribution in [0.3, 0.4) is 0 Å². The molecule has 1 aromatic rings. The Labute approximate surface area is 120 Å². The maximum atomic E-state index is 10.8. The highest BCUT2D eigenvalue weighted by atomic mass is 127. The van der Waals surface area contributed by atoms with Crippen LogP contribution in [0.25, 0.3) is 0 Å². The van der Waals surface area contributed by atoms with Crippen molar-refractivity contribution in [3.63, 3.8) is 0 Å². The highest BCUT2D eigenvalue weighted by Crippen LogP contribution is 2.28. The summed E-state index contributed by atoms with van der Waals surface area (Å²) in [6, 6.07) is 5.31. The number of rotatable bonds is 3. The van der Waals surface area contributed by atoms with Crippen molar-refractivity contribution in [2.45, 2.75) is 12.8 Å². The van der Waals surface area contributed by atoms with Crippen molar-refractivity contribution in [1.29, 1.82) is 0 Å². The summed E-state index contributed by atoms with van der Waals surface area (Å²) in [5.74, 6) is 0.534. The van der Waals surface area contributed by atoms with Gasteiger partial charge in [-0.2, -0.15) is 0 Å². The van der Waals surface area contributed by atoms with Gasteiger partial charge in [-0.1, -0.05) is 0 Å². The Balaban J connectivity index is 2.18. The fourth-order valence-electron chi connectivity index (χ4n) is 2.33. The average molecular weight is 361 g/mol. The molecule has 2 rings (SSSR count). The van der Waals surface area contributed by atoms with Crippen LogP contribution in [0.4, 0.5) is 11.4 Å². The maximum absolute atomic E-state index is 10.8. The molecule has 0 amide bonds. The summed E-state index contributed by atoms with van der Waals surface area (Å²) in [7, 11) is 0. The number of hydrogen-bond donors (Lipinski definition) is 1. The first-order chi connectivity index (χ1) is 8.61. The van der Waals surface area contributed by atoms with Gasteiger partial charge in [-0.15, -0.1) is 0 Å². The molecule has 1 unspecified atom stereocenters. The second kappa shape index (κ2) is 5.83. The van der Waals surface area contributed by atoms with Crippen molar-refractivity contribution in [2.24, 2.45) is 11.7 Å². The third kappa shape index (κ3) is 2.92. The van der Waals surface area contributed by atoms with Gasteiger partial charge in [-0.3, -0.25) is 10.1 Å². The van der Waals surface area contributed by atoms with Crippen LogP contribution in [0.5, 0.6) is 0 Å². The van der Waals surface area contributed by atoms with E-state index < -0.39 is 0 Å². The third-order valence-corrected chi connectivity index (χ3v) is 4.21. The van der Waals surface area contributed by atoms with Crippen molar-refractivity contribution < 1.29 is 4.92 Å². The van der Waals surface area contributed by atoms with Gasteiger partial charge in [-0.25, -0.2) is 0 Å². The lowest BCUT2D eigenvalue weighted by atomic mass is 9.98. The standard InChI is InChI=1S/C12H16IN3O2/c13-11-6-10(3-4-12(11)16(17)18)15-5-1-2-9(7-14)8-15/h3-4,6,9H,1-2,5,7-8,14H2. The number of piperidine rings is 1. The van der Waals surface area contributed by atoms with Crippen molar-refractivity contribution in [1.82, 2.24) is 0 Å². The summed E-state index contributed by atoms with van der Waals surface area (Å²) >= 11 is 2.02. The van der Waals surface area contributed by atoms with Crippen LogP contribution < -0.4 is 10.6 Å². The number of halogens is 1. The van der Waals surface area contributed by atoms with Gasteiger partial charge in [0.25, 0.3) is 5.69 Å². The van der Waals surface area contributed by atoms with E-state index in [4.69, 9.17) is 5.73 Å². The predicted molar refractivity (Wildman–Crippen MR) is 79.8 cm³/mol. The summed E-state index contributed by atoms with van der Waals surface area (Å²) in [6.45, 7) is 2.66. The second-order valence-corrected chi connectivity index (χ2v) is 5.74. The molecule has 1 aromatic carbocycles. The van der Waals surface area contributed by atoms with Crippen LogP contribution in [-0.4, -0.2) is 24.6 Å². The molecule has 1 aliphatic rings. The SMILES string of the molecule is NCC1CCCN(c2ccc([N+](=O)[O-])c(I)c2)C1. The smallest absolute Gasteiger partial charge is 0.282 e. The number of benzene rings is 1. The lowest BCUT2D eigenvalue weighted by Crippen LogP contribution is -2.38. The Hall–Kier alpha value is -0.890. The second-order valence-electron chi connectivity index (χ2n) is 4.58. The zero-order valence-corrected chi connectivity index (χ0v) is 12.2. The highest BCUT2D eigenvalue weighted by molar-refractivity contribution is 14.1. The Kier molecular flexibility index (Phi) is 4.39. The summed E-state index contributed by atoms with van der Waals surface area (Å²) in [6.07, 6.45) is 2.31. The molecule has 0 aliphatic carbocycles. The fourth-order valence-corrected chi connectivity index (χ4v) is 3.03. The molecule has 1 fully saturated rings. The Bertz CT molecular complexity index is 453. The van der Waals surface area contributed by atoms with Crippen molar-refractivity contribution >= 4 is 34.0 Å². The molecule has 1 aliphatic heterocycles. The molecule has 98 valence electrons. The van der Waals surface area contributed by atoms with E-state index in [0.29, 0.717) is 16.0 Å². The van der Waals surface area contributed by atoms with E-state index in [1.165, 1.54) is 6.42 Å². The predicted octanol–water partition coefficient (Wildman–Crippen LogP) is 2.37. The lowest BCUT2D eigenvalue weighted by Gasteiger charge is -2.34. The quantitative estimate of drug-likeness (QED) is 0.510. The summed E-state index contributed by atoms with van der Waals surface area (Å²) in [5, 5.41) is 10.8. The van der Waals surface area contributed by atoms with E-state index in [0.717, 1.165) is 25.2 Å². The molecule has 1 atom stereocenters. The Morgan fingerprint density at radius 3 is 2.94 bits per heavy atom. The van der Waals surface area contributed by atoms with Crippen LogP contribution >= 0.6 is 22.6 Å². The van der Waals surface area contributed by atoms with Gasteiger partial charge in [0.2, 0.25) is 0 Å². The van der Waals surface area contributed by atoms with Crippen molar-refractivity contribution in [3.05, 3.63) is 31.9 Å². The Morgan fingerprint density at radius 2 is 2.33 bits per heavy atom. The third-order valence-electron chi connectivity index (χ3n) is 3.35. The van der Waals surface area contributed by atoms with Crippen LogP contribution in [0.1, 0.15) is 12.8 Å². The van der Waals surface area contributed by atoms with Crippen LogP contribution in [0.15, 0.2) is 18.2 Å². The van der Waals surface area contributed by atoms with Gasteiger partial charge in [0, 0.05) is 24.8 Å². The van der Waals surface area contributed by atoms with E-state index >= 15 is 0 Å². The molecular weight excluding hydrogens is 345 g/mol. The van der Waals surface area contributed by atoms with Gasteiger partial charge in [-0.05, 0) is 60.0 Å². The average Bonchev–Trinajstić information content (AvgIpc) is 2.38. The van der Waals surface area contributed by atoms with E-state index in [2.05, 4.69) is 4.90 Å². The minimum absolute atomic E-state index is 0.173. The summed E-state index contributed by atoms with van der Waals surface area (Å²) in [4.78, 5) is 12.7. The van der Waals surface area contributed by atoms with Crippen LogP contribution in [0.2, 0.25) is 0 Å². The normalized spacial score (nSPS) is 19.9. The Morgan fingerprint density at radius 1 is 1.56 bits per heavy atom. The molecule has 0 aromatic heterocycles. The minimum Gasteiger partial charge on any atom is -0.371 e. The molecule has 1 heterocycles. The number of nitro benzene ring substituents is 1. The fraction of sp³-hybridized carbons (Fsp3) is 0.500. The molecule has 0 saturated carbocycles. The zero-order chi connectivity index (χ0) is 13.1. The molecule has 0 bridgehead atoms. The number of nitro groups is 1. The van der Waals surface area contributed by atoms with Gasteiger partial charge < -0.3 is 10.6 Å². The molecular formula is C12H16IN3O2. The first-order valence-electron chi connectivity index (χ1n) is 6.00. The monoisotopic (exact) mass is 361 g/mol. The van der Waals surface area contributed by atoms with E-state index in [-0.39, 0.29) is 10.6 Å². The molecule has 0 radical (unpaired) electrons. The molecule has 6 heteroatoms. The molecule has 1 saturated heterocycles. The largest absolute Gasteiger partial charge is 0.371 e. The molecule has 2 N–H and O–H groups in total.